The summed E-state index contributed by atoms with van der Waals surface area (Å²) >= 11 is 18.2. The second-order valence-electron chi connectivity index (χ2n) is 8.03. The smallest absolute Gasteiger partial charge is 0.338 e. The van der Waals surface area contributed by atoms with Crippen LogP contribution >= 0.6 is 34.8 Å². The van der Waals surface area contributed by atoms with E-state index in [0.717, 1.165) is 4.90 Å². The van der Waals surface area contributed by atoms with Gasteiger partial charge in [0.1, 0.15) is 10.7 Å². The summed E-state index contributed by atoms with van der Waals surface area (Å²) in [5.74, 6) is -2.34. The molecule has 3 aromatic carbocycles. The number of anilines is 2. The molecule has 0 atom stereocenters. The molecule has 0 bridgehead atoms. The van der Waals surface area contributed by atoms with Crippen LogP contribution in [0.5, 0.6) is 0 Å². The third-order valence-electron chi connectivity index (χ3n) is 5.51. The molecule has 0 spiro atoms. The quantitative estimate of drug-likeness (QED) is 0.271. The van der Waals surface area contributed by atoms with Crippen LogP contribution in [0, 0.1) is 0 Å². The summed E-state index contributed by atoms with van der Waals surface area (Å²) < 4.78 is 4.98. The first-order valence-corrected chi connectivity index (χ1v) is 12.5. The van der Waals surface area contributed by atoms with Gasteiger partial charge in [0.25, 0.3) is 17.7 Å². The van der Waals surface area contributed by atoms with Gasteiger partial charge in [0, 0.05) is 27.8 Å². The zero-order chi connectivity index (χ0) is 27.4. The maximum Gasteiger partial charge on any atom is 0.338 e. The number of carbonyl (C=O) groups excluding carboxylic acids is 4. The molecule has 3 amide bonds. The molecule has 194 valence electrons. The number of imide groups is 1. The van der Waals surface area contributed by atoms with E-state index in [1.807, 2.05) is 0 Å². The fourth-order valence-electron chi connectivity index (χ4n) is 3.62. The van der Waals surface area contributed by atoms with Crippen LogP contribution in [-0.4, -0.2) is 30.3 Å². The summed E-state index contributed by atoms with van der Waals surface area (Å²) in [4.78, 5) is 51.4. The highest BCUT2D eigenvalue weighted by atomic mass is 35.5. The Bertz CT molecular complexity index is 1470. The van der Waals surface area contributed by atoms with Crippen LogP contribution in [0.25, 0.3) is 0 Å². The Balaban J connectivity index is 1.44. The molecule has 4 rings (SSSR count). The zero-order valence-electron chi connectivity index (χ0n) is 19.9. The molecule has 3 aromatic rings. The molecule has 1 heterocycles. The lowest BCUT2D eigenvalue weighted by Gasteiger charge is -2.16. The van der Waals surface area contributed by atoms with Crippen molar-refractivity contribution in [1.82, 2.24) is 5.32 Å². The molecule has 0 aromatic heterocycles. The second-order valence-corrected chi connectivity index (χ2v) is 9.25. The maximum atomic E-state index is 13.1. The highest BCUT2D eigenvalue weighted by molar-refractivity contribution is 6.53. The summed E-state index contributed by atoms with van der Waals surface area (Å²) in [6.07, 6.45) is 0. The topological polar surface area (TPSA) is 105 Å². The first-order chi connectivity index (χ1) is 18.2. The maximum absolute atomic E-state index is 13.1. The van der Waals surface area contributed by atoms with Crippen molar-refractivity contribution in [2.45, 2.75) is 13.5 Å². The third kappa shape index (κ3) is 5.83. The van der Waals surface area contributed by atoms with Gasteiger partial charge in [-0.25, -0.2) is 9.69 Å². The van der Waals surface area contributed by atoms with Gasteiger partial charge in [-0.05, 0) is 67.1 Å². The van der Waals surface area contributed by atoms with Crippen LogP contribution in [0.4, 0.5) is 11.4 Å². The Labute approximate surface area is 233 Å². The number of rotatable bonds is 8. The molecule has 0 saturated carbocycles. The summed E-state index contributed by atoms with van der Waals surface area (Å²) in [7, 11) is 0. The normalized spacial score (nSPS) is 13.1. The number of ether oxygens (including phenoxy) is 1. The lowest BCUT2D eigenvalue weighted by atomic mass is 10.1. The highest BCUT2D eigenvalue weighted by Gasteiger charge is 2.39. The lowest BCUT2D eigenvalue weighted by Crippen LogP contribution is -2.32. The van der Waals surface area contributed by atoms with Gasteiger partial charge in [-0.15, -0.1) is 0 Å². The minimum atomic E-state index is -0.739. The Kier molecular flexibility index (Phi) is 8.36. The van der Waals surface area contributed by atoms with Crippen molar-refractivity contribution in [3.05, 3.63) is 104 Å². The molecule has 8 nitrogen and oxygen atoms in total. The van der Waals surface area contributed by atoms with E-state index in [0.29, 0.717) is 26.9 Å². The van der Waals surface area contributed by atoms with Crippen LogP contribution < -0.4 is 15.5 Å². The monoisotopic (exact) mass is 571 g/mol. The molecule has 11 heteroatoms. The van der Waals surface area contributed by atoms with E-state index in [9.17, 15) is 19.2 Å². The molecular formula is C27H20Cl3N3O5. The van der Waals surface area contributed by atoms with Gasteiger partial charge in [-0.3, -0.25) is 14.4 Å². The van der Waals surface area contributed by atoms with Crippen molar-refractivity contribution in [2.24, 2.45) is 0 Å². The van der Waals surface area contributed by atoms with Crippen molar-refractivity contribution in [1.29, 1.82) is 0 Å². The molecule has 0 fully saturated rings. The van der Waals surface area contributed by atoms with Crippen molar-refractivity contribution in [3.63, 3.8) is 0 Å². The fourth-order valence-corrected chi connectivity index (χ4v) is 4.31. The molecule has 1 aliphatic rings. The zero-order valence-corrected chi connectivity index (χ0v) is 22.2. The largest absolute Gasteiger partial charge is 0.462 e. The predicted octanol–water partition coefficient (Wildman–Crippen LogP) is 5.54. The van der Waals surface area contributed by atoms with Crippen molar-refractivity contribution < 1.29 is 23.9 Å². The SMILES string of the molecule is CCOC(=O)c1cccc(N2C(=O)C(Cl)=C(Nc3ccc(C(=O)NCc4ccc(Cl)cc4Cl)cc3)C2=O)c1. The highest BCUT2D eigenvalue weighted by Crippen LogP contribution is 2.31. The van der Waals surface area contributed by atoms with E-state index in [1.165, 1.54) is 24.3 Å². The van der Waals surface area contributed by atoms with E-state index in [1.54, 1.807) is 49.4 Å². The van der Waals surface area contributed by atoms with Crippen molar-refractivity contribution >= 4 is 69.9 Å². The number of nitrogens with zero attached hydrogens (tertiary/aromatic N) is 1. The van der Waals surface area contributed by atoms with Gasteiger partial charge < -0.3 is 15.4 Å². The molecular weight excluding hydrogens is 553 g/mol. The summed E-state index contributed by atoms with van der Waals surface area (Å²) in [5, 5.41) is 6.26. The van der Waals surface area contributed by atoms with Crippen molar-refractivity contribution in [3.8, 4) is 0 Å². The molecule has 0 aliphatic carbocycles. The number of benzene rings is 3. The minimum absolute atomic E-state index is 0.132. The van der Waals surface area contributed by atoms with Crippen molar-refractivity contribution in [2.75, 3.05) is 16.8 Å². The van der Waals surface area contributed by atoms with Crippen LogP contribution in [0.1, 0.15) is 33.2 Å². The first-order valence-electron chi connectivity index (χ1n) is 11.3. The van der Waals surface area contributed by atoms with Gasteiger partial charge in [0.2, 0.25) is 0 Å². The molecule has 38 heavy (non-hydrogen) atoms. The number of hydrogen-bond donors (Lipinski definition) is 2. The lowest BCUT2D eigenvalue weighted by molar-refractivity contribution is -0.120. The standard InChI is InChI=1S/C27H20Cl3N3O5/c1-2-38-27(37)16-4-3-5-20(12-16)33-25(35)22(30)23(26(33)36)32-19-10-7-15(8-11-19)24(34)31-14-17-6-9-18(28)13-21(17)29/h3-13,32H,2,14H2,1H3,(H,31,34). The number of esters is 1. The van der Waals surface area contributed by atoms with E-state index < -0.39 is 17.8 Å². The average Bonchev–Trinajstić information content (AvgIpc) is 3.11. The van der Waals surface area contributed by atoms with Gasteiger partial charge in [-0.2, -0.15) is 0 Å². The molecule has 0 unspecified atom stereocenters. The Morgan fingerprint density at radius 2 is 1.63 bits per heavy atom. The number of nitrogens with one attached hydrogen (secondary N) is 2. The van der Waals surface area contributed by atoms with E-state index in [4.69, 9.17) is 39.5 Å². The van der Waals surface area contributed by atoms with Gasteiger partial charge in [0.05, 0.1) is 17.9 Å². The number of halogens is 3. The van der Waals surface area contributed by atoms with E-state index in [-0.39, 0.29) is 41.0 Å². The predicted molar refractivity (Wildman–Crippen MR) is 145 cm³/mol. The molecule has 1 aliphatic heterocycles. The summed E-state index contributed by atoms with van der Waals surface area (Å²) in [6.45, 7) is 2.07. The Morgan fingerprint density at radius 3 is 2.32 bits per heavy atom. The Morgan fingerprint density at radius 1 is 0.895 bits per heavy atom. The molecule has 2 N–H and O–H groups in total. The van der Waals surface area contributed by atoms with Crippen LogP contribution in [-0.2, 0) is 20.9 Å². The molecule has 0 saturated heterocycles. The van der Waals surface area contributed by atoms with E-state index >= 15 is 0 Å². The third-order valence-corrected chi connectivity index (χ3v) is 6.45. The summed E-state index contributed by atoms with van der Waals surface area (Å²) in [5.41, 5.74) is 1.74. The van der Waals surface area contributed by atoms with Crippen LogP contribution in [0.3, 0.4) is 0 Å². The number of hydrogen-bond acceptors (Lipinski definition) is 6. The summed E-state index contributed by atoms with van der Waals surface area (Å²) in [6, 6.07) is 17.2. The van der Waals surface area contributed by atoms with Gasteiger partial charge in [-0.1, -0.05) is 46.9 Å². The fraction of sp³-hybridized carbons (Fsp3) is 0.111. The molecule has 0 radical (unpaired) electrons. The minimum Gasteiger partial charge on any atom is -0.462 e. The van der Waals surface area contributed by atoms with Crippen LogP contribution in [0.2, 0.25) is 10.0 Å². The van der Waals surface area contributed by atoms with Gasteiger partial charge in [0.15, 0.2) is 0 Å². The van der Waals surface area contributed by atoms with E-state index in [2.05, 4.69) is 10.6 Å². The number of carbonyl (C=O) groups is 4. The first kappa shape index (κ1) is 27.2. The second kappa shape index (κ2) is 11.7. The average molecular weight is 573 g/mol. The Hall–Kier alpha value is -3.85. The number of amides is 3. The van der Waals surface area contributed by atoms with Crippen LogP contribution in [0.15, 0.2) is 77.5 Å². The van der Waals surface area contributed by atoms with Gasteiger partial charge >= 0.3 is 5.97 Å².